The molecule has 0 saturated carbocycles. The second kappa shape index (κ2) is 7.30. The summed E-state index contributed by atoms with van der Waals surface area (Å²) in [5, 5.41) is 9.28. The fourth-order valence-corrected chi connectivity index (χ4v) is 4.46. The largest absolute Gasteiger partial charge is 0.354 e. The van der Waals surface area contributed by atoms with Gasteiger partial charge in [0.2, 0.25) is 10.0 Å². The Morgan fingerprint density at radius 1 is 1.16 bits per heavy atom. The zero-order valence-electron chi connectivity index (χ0n) is 13.1. The molecule has 2 aromatic rings. The Morgan fingerprint density at radius 3 is 2.48 bits per heavy atom. The standard InChI is InChI=1S/C16H14BrClN4O2S/c17-13-1-4-16(20-11-13)21-5-7-22(8-6-21)25(23,24)14-2-3-15(18)12(9-14)10-19/h1-4,9,11H,5-8H2. The smallest absolute Gasteiger partial charge is 0.243 e. The third-order valence-corrected chi connectivity index (χ3v) is 6.66. The van der Waals surface area contributed by atoms with Crippen LogP contribution in [0.2, 0.25) is 5.02 Å². The van der Waals surface area contributed by atoms with E-state index in [4.69, 9.17) is 16.9 Å². The maximum Gasteiger partial charge on any atom is 0.243 e. The summed E-state index contributed by atoms with van der Waals surface area (Å²) in [6, 6.07) is 9.90. The number of halogens is 2. The van der Waals surface area contributed by atoms with Crippen molar-refractivity contribution in [2.24, 2.45) is 0 Å². The van der Waals surface area contributed by atoms with Gasteiger partial charge in [0.05, 0.1) is 15.5 Å². The van der Waals surface area contributed by atoms with Crippen molar-refractivity contribution in [1.82, 2.24) is 9.29 Å². The molecule has 0 spiro atoms. The van der Waals surface area contributed by atoms with Gasteiger partial charge in [0.1, 0.15) is 11.9 Å². The van der Waals surface area contributed by atoms with E-state index in [9.17, 15) is 8.42 Å². The molecular weight excluding hydrogens is 428 g/mol. The minimum atomic E-state index is -3.65. The first kappa shape index (κ1) is 18.1. The first-order valence-corrected chi connectivity index (χ1v) is 10.1. The minimum absolute atomic E-state index is 0.0867. The molecule has 130 valence electrons. The van der Waals surface area contributed by atoms with Gasteiger partial charge < -0.3 is 4.90 Å². The Kier molecular flexibility index (Phi) is 5.29. The van der Waals surface area contributed by atoms with Crippen molar-refractivity contribution in [3.05, 3.63) is 51.6 Å². The van der Waals surface area contributed by atoms with Gasteiger partial charge >= 0.3 is 0 Å². The van der Waals surface area contributed by atoms with Gasteiger partial charge in [-0.25, -0.2) is 13.4 Å². The molecule has 0 N–H and O–H groups in total. The molecule has 1 aliphatic rings. The molecule has 9 heteroatoms. The number of pyridine rings is 1. The van der Waals surface area contributed by atoms with Gasteiger partial charge in [0, 0.05) is 36.8 Å². The summed E-state index contributed by atoms with van der Waals surface area (Å²) >= 11 is 9.23. The van der Waals surface area contributed by atoms with Crippen molar-refractivity contribution in [2.75, 3.05) is 31.1 Å². The van der Waals surface area contributed by atoms with Gasteiger partial charge in [-0.1, -0.05) is 11.6 Å². The highest BCUT2D eigenvalue weighted by Crippen LogP contribution is 2.24. The summed E-state index contributed by atoms with van der Waals surface area (Å²) < 4.78 is 27.9. The summed E-state index contributed by atoms with van der Waals surface area (Å²) in [5.41, 5.74) is 0.153. The molecule has 0 atom stereocenters. The average Bonchev–Trinajstić information content (AvgIpc) is 2.62. The van der Waals surface area contributed by atoms with E-state index in [2.05, 4.69) is 20.9 Å². The normalized spacial score (nSPS) is 15.8. The molecule has 0 aliphatic carbocycles. The number of benzene rings is 1. The molecule has 6 nitrogen and oxygen atoms in total. The minimum Gasteiger partial charge on any atom is -0.354 e. The summed E-state index contributed by atoms with van der Waals surface area (Å²) in [6.45, 7) is 1.80. The second-order valence-corrected chi connectivity index (χ2v) is 8.74. The van der Waals surface area contributed by atoms with Crippen molar-refractivity contribution in [3.8, 4) is 6.07 Å². The van der Waals surface area contributed by atoms with Crippen molar-refractivity contribution >= 4 is 43.4 Å². The highest BCUT2D eigenvalue weighted by molar-refractivity contribution is 9.10. The van der Waals surface area contributed by atoms with Crippen molar-refractivity contribution in [1.29, 1.82) is 5.26 Å². The number of anilines is 1. The van der Waals surface area contributed by atoms with Crippen LogP contribution < -0.4 is 4.90 Å². The van der Waals surface area contributed by atoms with E-state index >= 15 is 0 Å². The number of piperazine rings is 1. The maximum absolute atomic E-state index is 12.8. The van der Waals surface area contributed by atoms with Crippen LogP contribution in [0.1, 0.15) is 5.56 Å². The van der Waals surface area contributed by atoms with Crippen LogP contribution in [0.5, 0.6) is 0 Å². The van der Waals surface area contributed by atoms with E-state index in [1.165, 1.54) is 22.5 Å². The Hall–Kier alpha value is -1.66. The van der Waals surface area contributed by atoms with Crippen LogP contribution in [-0.2, 0) is 10.0 Å². The highest BCUT2D eigenvalue weighted by atomic mass is 79.9. The molecule has 0 unspecified atom stereocenters. The van der Waals surface area contributed by atoms with E-state index in [1.807, 2.05) is 23.1 Å². The van der Waals surface area contributed by atoms with Gasteiger partial charge in [-0.2, -0.15) is 9.57 Å². The molecule has 1 aromatic heterocycles. The summed E-state index contributed by atoms with van der Waals surface area (Å²) in [7, 11) is -3.65. The monoisotopic (exact) mass is 440 g/mol. The fraction of sp³-hybridized carbons (Fsp3) is 0.250. The van der Waals surface area contributed by atoms with Crippen LogP contribution >= 0.6 is 27.5 Å². The van der Waals surface area contributed by atoms with Gasteiger partial charge in [-0.05, 0) is 46.3 Å². The summed E-state index contributed by atoms with van der Waals surface area (Å²) in [5.74, 6) is 0.818. The summed E-state index contributed by atoms with van der Waals surface area (Å²) in [4.78, 5) is 6.47. The highest BCUT2D eigenvalue weighted by Gasteiger charge is 2.29. The van der Waals surface area contributed by atoms with E-state index in [0.29, 0.717) is 26.2 Å². The lowest BCUT2D eigenvalue weighted by Crippen LogP contribution is -2.48. The summed E-state index contributed by atoms with van der Waals surface area (Å²) in [6.07, 6.45) is 1.72. The van der Waals surface area contributed by atoms with Gasteiger partial charge in [0.15, 0.2) is 0 Å². The molecule has 0 radical (unpaired) electrons. The van der Waals surface area contributed by atoms with Gasteiger partial charge in [-0.15, -0.1) is 0 Å². The van der Waals surface area contributed by atoms with Crippen LogP contribution in [0.25, 0.3) is 0 Å². The Labute approximate surface area is 159 Å². The van der Waals surface area contributed by atoms with Crippen molar-refractivity contribution in [2.45, 2.75) is 4.90 Å². The fourth-order valence-electron chi connectivity index (χ4n) is 2.61. The van der Waals surface area contributed by atoms with Gasteiger partial charge in [0.25, 0.3) is 0 Å². The number of aromatic nitrogens is 1. The average molecular weight is 442 g/mol. The molecule has 1 aliphatic heterocycles. The number of sulfonamides is 1. The first-order valence-electron chi connectivity index (χ1n) is 7.48. The van der Waals surface area contributed by atoms with Crippen LogP contribution in [0, 0.1) is 11.3 Å². The van der Waals surface area contributed by atoms with Crippen LogP contribution in [0.3, 0.4) is 0 Å². The van der Waals surface area contributed by atoms with Gasteiger partial charge in [-0.3, -0.25) is 0 Å². The number of hydrogen-bond acceptors (Lipinski definition) is 5. The SMILES string of the molecule is N#Cc1cc(S(=O)(=O)N2CCN(c3ccc(Br)cn3)CC2)ccc1Cl. The Balaban J connectivity index is 1.75. The van der Waals surface area contributed by atoms with E-state index in [-0.39, 0.29) is 15.5 Å². The molecule has 1 fully saturated rings. The predicted octanol–water partition coefficient (Wildman–Crippen LogP) is 2.88. The topological polar surface area (TPSA) is 77.3 Å². The lowest BCUT2D eigenvalue weighted by Gasteiger charge is -2.34. The molecule has 0 bridgehead atoms. The Morgan fingerprint density at radius 2 is 1.88 bits per heavy atom. The number of rotatable bonds is 3. The van der Waals surface area contributed by atoms with E-state index < -0.39 is 10.0 Å². The third-order valence-electron chi connectivity index (χ3n) is 3.97. The molecule has 25 heavy (non-hydrogen) atoms. The second-order valence-electron chi connectivity index (χ2n) is 5.48. The number of nitrogens with zero attached hydrogens (tertiary/aromatic N) is 4. The Bertz CT molecular complexity index is 920. The lowest BCUT2D eigenvalue weighted by atomic mass is 10.2. The third kappa shape index (κ3) is 3.80. The van der Waals surface area contributed by atoms with Crippen LogP contribution in [0.15, 0.2) is 45.9 Å². The molecule has 0 amide bonds. The lowest BCUT2D eigenvalue weighted by molar-refractivity contribution is 0.384. The first-order chi connectivity index (χ1) is 11.9. The van der Waals surface area contributed by atoms with Crippen LogP contribution in [-0.4, -0.2) is 43.9 Å². The maximum atomic E-state index is 12.8. The van der Waals surface area contributed by atoms with Crippen molar-refractivity contribution in [3.63, 3.8) is 0 Å². The molecule has 2 heterocycles. The molecular formula is C16H14BrClN4O2S. The van der Waals surface area contributed by atoms with E-state index in [1.54, 1.807) is 6.20 Å². The number of nitriles is 1. The molecule has 1 saturated heterocycles. The zero-order valence-corrected chi connectivity index (χ0v) is 16.2. The van der Waals surface area contributed by atoms with Crippen LogP contribution in [0.4, 0.5) is 5.82 Å². The number of hydrogen-bond donors (Lipinski definition) is 0. The molecule has 1 aromatic carbocycles. The molecule has 3 rings (SSSR count). The quantitative estimate of drug-likeness (QED) is 0.732. The van der Waals surface area contributed by atoms with Crippen molar-refractivity contribution < 1.29 is 8.42 Å². The predicted molar refractivity (Wildman–Crippen MR) is 99.1 cm³/mol. The zero-order chi connectivity index (χ0) is 18.0. The van der Waals surface area contributed by atoms with E-state index in [0.717, 1.165) is 10.3 Å².